The minimum absolute atomic E-state index is 0.208. The lowest BCUT2D eigenvalue weighted by Crippen LogP contribution is -2.44. The quantitative estimate of drug-likeness (QED) is 0.655. The van der Waals surface area contributed by atoms with Crippen LogP contribution in [0, 0.1) is 0 Å². The molecule has 0 bridgehead atoms. The number of ether oxygens (including phenoxy) is 1. The fourth-order valence-corrected chi connectivity index (χ4v) is 3.76. The Morgan fingerprint density at radius 2 is 1.81 bits per heavy atom. The number of para-hydroxylation sites is 1. The van der Waals surface area contributed by atoms with Gasteiger partial charge in [-0.2, -0.15) is 0 Å². The Bertz CT molecular complexity index is 1020. The Balaban J connectivity index is 1.79. The number of carboxylic acid groups (broad SMARTS) is 1. The Hall–Kier alpha value is -3.05. The predicted octanol–water partition coefficient (Wildman–Crippen LogP) is 4.02. The molecule has 0 aliphatic carbocycles. The summed E-state index contributed by atoms with van der Waals surface area (Å²) in [5.41, 5.74) is 3.33. The first-order chi connectivity index (χ1) is 13.0. The summed E-state index contributed by atoms with van der Waals surface area (Å²) in [6.07, 6.45) is 1.16. The van der Waals surface area contributed by atoms with Crippen LogP contribution in [0.25, 0.3) is 16.5 Å². The standard InChI is InChI=1S/C22H22N2O3/c1-22(2)18-15-10-6-7-11-17(15)24-19(18)16(20(25)26)12-23-21(22)27-13-14-8-4-3-5-9-14/h3-12,21,23-24H,13H2,1-2H3,(H,25,26). The zero-order valence-electron chi connectivity index (χ0n) is 15.3. The topological polar surface area (TPSA) is 74.4 Å². The average Bonchev–Trinajstić information content (AvgIpc) is 2.99. The third-order valence-electron chi connectivity index (χ3n) is 5.14. The number of carbonyl (C=O) groups is 1. The third kappa shape index (κ3) is 3.00. The van der Waals surface area contributed by atoms with Crippen molar-refractivity contribution in [2.75, 3.05) is 0 Å². The summed E-state index contributed by atoms with van der Waals surface area (Å²) in [6.45, 7) is 4.59. The number of aliphatic carboxylic acids is 1. The number of rotatable bonds is 4. The van der Waals surface area contributed by atoms with Gasteiger partial charge in [0.25, 0.3) is 0 Å². The molecule has 138 valence electrons. The van der Waals surface area contributed by atoms with Gasteiger partial charge in [0.2, 0.25) is 0 Å². The SMILES string of the molecule is CC1(C)c2c([nH]c3ccccc23)C(C(=O)O)=CNC1OCc1ccccc1. The van der Waals surface area contributed by atoms with E-state index in [0.717, 1.165) is 22.0 Å². The largest absolute Gasteiger partial charge is 0.478 e. The van der Waals surface area contributed by atoms with Crippen molar-refractivity contribution in [1.29, 1.82) is 0 Å². The third-order valence-corrected chi connectivity index (χ3v) is 5.14. The molecule has 1 aromatic heterocycles. The summed E-state index contributed by atoms with van der Waals surface area (Å²) >= 11 is 0. The number of hydrogen-bond acceptors (Lipinski definition) is 3. The highest BCUT2D eigenvalue weighted by atomic mass is 16.5. The second-order valence-electron chi connectivity index (χ2n) is 7.35. The van der Waals surface area contributed by atoms with E-state index in [1.54, 1.807) is 6.20 Å². The monoisotopic (exact) mass is 362 g/mol. The molecule has 0 amide bonds. The molecule has 0 radical (unpaired) electrons. The first-order valence-corrected chi connectivity index (χ1v) is 8.95. The van der Waals surface area contributed by atoms with Gasteiger partial charge in [0.15, 0.2) is 0 Å². The van der Waals surface area contributed by atoms with Gasteiger partial charge in [0, 0.05) is 22.5 Å². The van der Waals surface area contributed by atoms with Crippen LogP contribution in [-0.4, -0.2) is 22.3 Å². The van der Waals surface area contributed by atoms with Crippen molar-refractivity contribution in [3.8, 4) is 0 Å². The number of hydrogen-bond donors (Lipinski definition) is 3. The van der Waals surface area contributed by atoms with Crippen molar-refractivity contribution >= 4 is 22.4 Å². The van der Waals surface area contributed by atoms with E-state index in [0.29, 0.717) is 12.3 Å². The smallest absolute Gasteiger partial charge is 0.339 e. The normalized spacial score (nSPS) is 18.3. The molecule has 3 aromatic rings. The molecule has 2 heterocycles. The average molecular weight is 362 g/mol. The van der Waals surface area contributed by atoms with Crippen LogP contribution in [0.3, 0.4) is 0 Å². The van der Waals surface area contributed by atoms with E-state index >= 15 is 0 Å². The summed E-state index contributed by atoms with van der Waals surface area (Å²) in [5.74, 6) is -0.977. The fraction of sp³-hybridized carbons (Fsp3) is 0.227. The van der Waals surface area contributed by atoms with Crippen LogP contribution in [0.1, 0.15) is 30.7 Å². The maximum atomic E-state index is 11.9. The summed E-state index contributed by atoms with van der Waals surface area (Å²) < 4.78 is 6.20. The molecule has 1 aliphatic heterocycles. The number of nitrogens with one attached hydrogen (secondary N) is 2. The minimum Gasteiger partial charge on any atom is -0.478 e. The van der Waals surface area contributed by atoms with Gasteiger partial charge in [-0.3, -0.25) is 0 Å². The van der Waals surface area contributed by atoms with Crippen molar-refractivity contribution in [1.82, 2.24) is 10.3 Å². The molecule has 1 unspecified atom stereocenters. The van der Waals surface area contributed by atoms with Crippen LogP contribution in [-0.2, 0) is 21.6 Å². The lowest BCUT2D eigenvalue weighted by atomic mass is 9.80. The molecule has 5 nitrogen and oxygen atoms in total. The molecule has 0 spiro atoms. The molecule has 0 fully saturated rings. The Labute approximate surface area is 157 Å². The van der Waals surface area contributed by atoms with Gasteiger partial charge in [-0.25, -0.2) is 4.79 Å². The summed E-state index contributed by atoms with van der Waals surface area (Å²) in [5, 5.41) is 13.9. The van der Waals surface area contributed by atoms with Crippen molar-refractivity contribution < 1.29 is 14.6 Å². The second-order valence-corrected chi connectivity index (χ2v) is 7.35. The molecular weight excluding hydrogens is 340 g/mol. The van der Waals surface area contributed by atoms with E-state index in [9.17, 15) is 9.90 Å². The minimum atomic E-state index is -0.977. The zero-order valence-corrected chi connectivity index (χ0v) is 15.3. The van der Waals surface area contributed by atoms with Crippen molar-refractivity contribution in [2.24, 2.45) is 0 Å². The molecule has 2 aromatic carbocycles. The highest BCUT2D eigenvalue weighted by Crippen LogP contribution is 2.41. The molecule has 1 atom stereocenters. The zero-order chi connectivity index (χ0) is 19.0. The molecule has 4 rings (SSSR count). The second kappa shape index (κ2) is 6.59. The first kappa shape index (κ1) is 17.4. The first-order valence-electron chi connectivity index (χ1n) is 8.95. The number of H-pyrrole nitrogens is 1. The lowest BCUT2D eigenvalue weighted by Gasteiger charge is -2.34. The fourth-order valence-electron chi connectivity index (χ4n) is 3.76. The summed E-state index contributed by atoms with van der Waals surface area (Å²) in [4.78, 5) is 15.2. The van der Waals surface area contributed by atoms with E-state index in [-0.39, 0.29) is 11.8 Å². The van der Waals surface area contributed by atoms with Crippen molar-refractivity contribution in [2.45, 2.75) is 32.1 Å². The molecule has 0 saturated carbocycles. The number of benzene rings is 2. The van der Waals surface area contributed by atoms with Crippen LogP contribution >= 0.6 is 0 Å². The van der Waals surface area contributed by atoms with E-state index in [1.165, 1.54) is 0 Å². The Morgan fingerprint density at radius 1 is 1.11 bits per heavy atom. The number of aromatic nitrogens is 1. The van der Waals surface area contributed by atoms with Gasteiger partial charge in [0.05, 0.1) is 17.9 Å². The van der Waals surface area contributed by atoms with Crippen molar-refractivity contribution in [3.63, 3.8) is 0 Å². The van der Waals surface area contributed by atoms with E-state index in [1.807, 2.05) is 54.6 Å². The number of fused-ring (bicyclic) bond motifs is 3. The van der Waals surface area contributed by atoms with Gasteiger partial charge in [0.1, 0.15) is 6.23 Å². The van der Waals surface area contributed by atoms with Gasteiger partial charge < -0.3 is 20.1 Å². The van der Waals surface area contributed by atoms with Gasteiger partial charge in [-0.15, -0.1) is 0 Å². The molecule has 3 N–H and O–H groups in total. The predicted molar refractivity (Wildman–Crippen MR) is 105 cm³/mol. The Morgan fingerprint density at radius 3 is 2.56 bits per heavy atom. The highest BCUT2D eigenvalue weighted by molar-refractivity contribution is 6.16. The van der Waals surface area contributed by atoms with Gasteiger partial charge >= 0.3 is 5.97 Å². The van der Waals surface area contributed by atoms with Crippen LogP contribution in [0.5, 0.6) is 0 Å². The maximum absolute atomic E-state index is 11.9. The Kier molecular flexibility index (Phi) is 4.24. The number of carboxylic acids is 1. The molecule has 27 heavy (non-hydrogen) atoms. The van der Waals surface area contributed by atoms with Crippen LogP contribution in [0.15, 0.2) is 60.8 Å². The lowest BCUT2D eigenvalue weighted by molar-refractivity contribution is -0.130. The van der Waals surface area contributed by atoms with E-state index in [4.69, 9.17) is 4.74 Å². The van der Waals surface area contributed by atoms with Crippen LogP contribution in [0.2, 0.25) is 0 Å². The maximum Gasteiger partial charge on any atom is 0.339 e. The van der Waals surface area contributed by atoms with Gasteiger partial charge in [-0.1, -0.05) is 62.4 Å². The molecule has 0 saturated heterocycles. The molecular formula is C22H22N2O3. The number of aromatic amines is 1. The highest BCUT2D eigenvalue weighted by Gasteiger charge is 2.40. The van der Waals surface area contributed by atoms with E-state index in [2.05, 4.69) is 24.1 Å². The van der Waals surface area contributed by atoms with Crippen LogP contribution < -0.4 is 5.32 Å². The molecule has 5 heteroatoms. The van der Waals surface area contributed by atoms with Crippen LogP contribution in [0.4, 0.5) is 0 Å². The summed E-state index contributed by atoms with van der Waals surface area (Å²) in [6, 6.07) is 17.8. The van der Waals surface area contributed by atoms with Crippen molar-refractivity contribution in [3.05, 3.63) is 77.6 Å². The summed E-state index contributed by atoms with van der Waals surface area (Å²) in [7, 11) is 0. The van der Waals surface area contributed by atoms with E-state index < -0.39 is 11.4 Å². The van der Waals surface area contributed by atoms with Gasteiger partial charge in [-0.05, 0) is 17.2 Å². The molecule has 1 aliphatic rings.